The van der Waals surface area contributed by atoms with Gasteiger partial charge in [-0.2, -0.15) is 0 Å². The minimum Gasteiger partial charge on any atom is -0.497 e. The fraction of sp³-hybridized carbons (Fsp3) is 0.481. The van der Waals surface area contributed by atoms with Gasteiger partial charge in [0.05, 0.1) is 18.1 Å². The monoisotopic (exact) mass is 434 g/mol. The van der Waals surface area contributed by atoms with E-state index < -0.39 is 6.04 Å². The number of nitrogens with zero attached hydrogens (tertiary/aromatic N) is 2. The topological polar surface area (TPSA) is 53.4 Å². The van der Waals surface area contributed by atoms with Crippen LogP contribution in [-0.2, 0) is 9.53 Å². The largest absolute Gasteiger partial charge is 0.497 e. The molecular weight excluding hydrogens is 400 g/mol. The minimum absolute atomic E-state index is 0.0204. The first kappa shape index (κ1) is 22.4. The molecule has 1 saturated carbocycles. The highest BCUT2D eigenvalue weighted by molar-refractivity contribution is 5.85. The van der Waals surface area contributed by atoms with E-state index in [0.717, 1.165) is 41.0 Å². The van der Waals surface area contributed by atoms with Gasteiger partial charge in [0.1, 0.15) is 23.7 Å². The van der Waals surface area contributed by atoms with E-state index in [4.69, 9.17) is 14.5 Å². The highest BCUT2D eigenvalue weighted by Gasteiger charge is 2.35. The quantitative estimate of drug-likeness (QED) is 0.429. The Balaban J connectivity index is 1.67. The van der Waals surface area contributed by atoms with Crippen molar-refractivity contribution in [2.24, 2.45) is 17.8 Å². The van der Waals surface area contributed by atoms with Crippen molar-refractivity contribution in [1.29, 1.82) is 0 Å². The average Bonchev–Trinajstić information content (AvgIpc) is 3.18. The molecule has 3 aromatic rings. The van der Waals surface area contributed by atoms with Crippen molar-refractivity contribution >= 4 is 17.0 Å². The van der Waals surface area contributed by atoms with E-state index in [1.807, 2.05) is 60.0 Å². The maximum absolute atomic E-state index is 13.4. The first-order valence-corrected chi connectivity index (χ1v) is 11.7. The number of aromatic nitrogens is 2. The molecule has 1 fully saturated rings. The lowest BCUT2D eigenvalue weighted by molar-refractivity contribution is -0.159. The van der Waals surface area contributed by atoms with E-state index in [2.05, 4.69) is 20.8 Å². The number of imidazole rings is 1. The summed E-state index contributed by atoms with van der Waals surface area (Å²) in [5.41, 5.74) is 2.73. The fourth-order valence-corrected chi connectivity index (χ4v) is 4.98. The number of hydrogen-bond acceptors (Lipinski definition) is 4. The van der Waals surface area contributed by atoms with Crippen LogP contribution in [-0.4, -0.2) is 28.7 Å². The van der Waals surface area contributed by atoms with Gasteiger partial charge in [-0.25, -0.2) is 9.78 Å². The SMILES string of the molecule is COc1ccc(-c2nc3ccccc3n2[C@H](C)C(=O)O[C@@H]2CC(C)CCC2C(C)C)cc1. The summed E-state index contributed by atoms with van der Waals surface area (Å²) in [4.78, 5) is 18.3. The van der Waals surface area contributed by atoms with Gasteiger partial charge in [0, 0.05) is 5.56 Å². The van der Waals surface area contributed by atoms with Crippen molar-refractivity contribution in [1.82, 2.24) is 9.55 Å². The van der Waals surface area contributed by atoms with Gasteiger partial charge in [0.15, 0.2) is 0 Å². The van der Waals surface area contributed by atoms with Crippen LogP contribution in [0.5, 0.6) is 5.75 Å². The van der Waals surface area contributed by atoms with Gasteiger partial charge in [-0.05, 0) is 73.9 Å². The lowest BCUT2D eigenvalue weighted by Gasteiger charge is -2.37. The van der Waals surface area contributed by atoms with Gasteiger partial charge in [0.2, 0.25) is 0 Å². The molecule has 0 N–H and O–H groups in total. The maximum atomic E-state index is 13.4. The minimum atomic E-state index is -0.482. The predicted octanol–water partition coefficient (Wildman–Crippen LogP) is 6.28. The predicted molar refractivity (Wildman–Crippen MR) is 128 cm³/mol. The van der Waals surface area contributed by atoms with Gasteiger partial charge >= 0.3 is 5.97 Å². The molecule has 5 nitrogen and oxygen atoms in total. The number of fused-ring (bicyclic) bond motifs is 1. The Kier molecular flexibility index (Phi) is 6.54. The molecule has 4 rings (SSSR count). The average molecular weight is 435 g/mol. The number of para-hydroxylation sites is 2. The molecule has 0 saturated heterocycles. The van der Waals surface area contributed by atoms with E-state index in [-0.39, 0.29) is 12.1 Å². The number of rotatable bonds is 6. The van der Waals surface area contributed by atoms with E-state index in [0.29, 0.717) is 17.8 Å². The number of ether oxygens (including phenoxy) is 2. The first-order valence-electron chi connectivity index (χ1n) is 11.7. The van der Waals surface area contributed by atoms with Gasteiger partial charge < -0.3 is 14.0 Å². The molecule has 32 heavy (non-hydrogen) atoms. The van der Waals surface area contributed by atoms with Gasteiger partial charge in [-0.3, -0.25) is 0 Å². The summed E-state index contributed by atoms with van der Waals surface area (Å²) >= 11 is 0. The Morgan fingerprint density at radius 1 is 1.06 bits per heavy atom. The van der Waals surface area contributed by atoms with E-state index in [9.17, 15) is 4.79 Å². The zero-order valence-electron chi connectivity index (χ0n) is 19.7. The molecule has 1 aliphatic carbocycles. The lowest BCUT2D eigenvalue weighted by Crippen LogP contribution is -2.37. The Labute approximate surface area is 190 Å². The second-order valence-corrected chi connectivity index (χ2v) is 9.50. The van der Waals surface area contributed by atoms with Crippen LogP contribution in [0.4, 0.5) is 0 Å². The molecule has 2 aromatic carbocycles. The van der Waals surface area contributed by atoms with Crippen LogP contribution in [0.15, 0.2) is 48.5 Å². The van der Waals surface area contributed by atoms with Crippen LogP contribution < -0.4 is 4.74 Å². The molecule has 170 valence electrons. The van der Waals surface area contributed by atoms with Gasteiger partial charge in [0.25, 0.3) is 0 Å². The Morgan fingerprint density at radius 2 is 1.78 bits per heavy atom. The number of methoxy groups -OCH3 is 1. The standard InChI is InChI=1S/C27H34N2O3/c1-17(2)22-15-10-18(3)16-25(22)32-27(30)19(4)29-24-9-7-6-8-23(24)28-26(29)20-11-13-21(31-5)14-12-20/h6-9,11-14,17-19,22,25H,10,15-16H2,1-5H3/t18?,19-,22?,25-/m1/s1. The third-order valence-electron chi connectivity index (χ3n) is 6.90. The van der Waals surface area contributed by atoms with Gasteiger partial charge in [-0.1, -0.05) is 39.3 Å². The molecular formula is C27H34N2O3. The summed E-state index contributed by atoms with van der Waals surface area (Å²) in [5, 5.41) is 0. The van der Waals surface area contributed by atoms with Gasteiger partial charge in [-0.15, -0.1) is 0 Å². The number of benzene rings is 2. The zero-order valence-corrected chi connectivity index (χ0v) is 19.7. The Morgan fingerprint density at radius 3 is 2.47 bits per heavy atom. The summed E-state index contributed by atoms with van der Waals surface area (Å²) in [6.45, 7) is 8.64. The van der Waals surface area contributed by atoms with Crippen molar-refractivity contribution in [2.45, 2.75) is 59.1 Å². The molecule has 0 amide bonds. The van der Waals surface area contributed by atoms with Crippen LogP contribution in [0.2, 0.25) is 0 Å². The normalized spacial score (nSPS) is 22.1. The van der Waals surface area contributed by atoms with Crippen molar-refractivity contribution in [3.63, 3.8) is 0 Å². The summed E-state index contributed by atoms with van der Waals surface area (Å²) < 4.78 is 13.5. The van der Waals surface area contributed by atoms with Crippen LogP contribution in [0.25, 0.3) is 22.4 Å². The highest BCUT2D eigenvalue weighted by atomic mass is 16.5. The second-order valence-electron chi connectivity index (χ2n) is 9.50. The summed E-state index contributed by atoms with van der Waals surface area (Å²) in [6.07, 6.45) is 3.25. The molecule has 1 aliphatic rings. The highest BCUT2D eigenvalue weighted by Crippen LogP contribution is 2.37. The molecule has 5 heteroatoms. The molecule has 0 bridgehead atoms. The number of carbonyl (C=O) groups excluding carboxylic acids is 1. The molecule has 4 atom stereocenters. The smallest absolute Gasteiger partial charge is 0.329 e. The van der Waals surface area contributed by atoms with Crippen LogP contribution >= 0.6 is 0 Å². The Hall–Kier alpha value is -2.82. The Bertz CT molecular complexity index is 1070. The van der Waals surface area contributed by atoms with Crippen molar-refractivity contribution in [3.8, 4) is 17.1 Å². The molecule has 1 aromatic heterocycles. The van der Waals surface area contributed by atoms with Crippen molar-refractivity contribution in [2.75, 3.05) is 7.11 Å². The van der Waals surface area contributed by atoms with Crippen LogP contribution in [0, 0.1) is 17.8 Å². The van der Waals surface area contributed by atoms with Crippen molar-refractivity contribution in [3.05, 3.63) is 48.5 Å². The third-order valence-corrected chi connectivity index (χ3v) is 6.90. The molecule has 2 unspecified atom stereocenters. The molecule has 1 heterocycles. The molecule has 0 spiro atoms. The fourth-order valence-electron chi connectivity index (χ4n) is 4.98. The summed E-state index contributed by atoms with van der Waals surface area (Å²) in [6, 6.07) is 15.2. The third kappa shape index (κ3) is 4.38. The summed E-state index contributed by atoms with van der Waals surface area (Å²) in [7, 11) is 1.65. The van der Waals surface area contributed by atoms with Crippen LogP contribution in [0.3, 0.4) is 0 Å². The summed E-state index contributed by atoms with van der Waals surface area (Å²) in [5.74, 6) is 2.86. The number of hydrogen-bond donors (Lipinski definition) is 0. The first-order chi connectivity index (χ1) is 15.4. The zero-order chi connectivity index (χ0) is 22.8. The lowest BCUT2D eigenvalue weighted by atomic mass is 9.75. The number of esters is 1. The maximum Gasteiger partial charge on any atom is 0.329 e. The number of carbonyl (C=O) groups is 1. The van der Waals surface area contributed by atoms with E-state index in [1.165, 1.54) is 6.42 Å². The van der Waals surface area contributed by atoms with Crippen molar-refractivity contribution < 1.29 is 14.3 Å². The molecule has 0 radical (unpaired) electrons. The second kappa shape index (κ2) is 9.35. The van der Waals surface area contributed by atoms with E-state index >= 15 is 0 Å². The van der Waals surface area contributed by atoms with E-state index in [1.54, 1.807) is 7.11 Å². The van der Waals surface area contributed by atoms with Crippen LogP contribution in [0.1, 0.15) is 53.0 Å². The molecule has 0 aliphatic heterocycles.